The molecule has 2 N–H and O–H groups in total. The second-order valence-electron chi connectivity index (χ2n) is 4.23. The minimum atomic E-state index is -0.429. The van der Waals surface area contributed by atoms with E-state index < -0.39 is 5.91 Å². The summed E-state index contributed by atoms with van der Waals surface area (Å²) >= 11 is 1.51. The molecule has 0 spiro atoms. The number of imide groups is 1. The van der Waals surface area contributed by atoms with E-state index in [0.717, 1.165) is 15.8 Å². The number of hydrogen-bond acceptors (Lipinski definition) is 6. The van der Waals surface area contributed by atoms with Crippen LogP contribution in [0, 0.1) is 6.92 Å². The monoisotopic (exact) mass is 310 g/mol. The van der Waals surface area contributed by atoms with Gasteiger partial charge in [0.05, 0.1) is 5.39 Å². The topological polar surface area (TPSA) is 84.0 Å². The Morgan fingerprint density at radius 2 is 1.95 bits per heavy atom. The summed E-state index contributed by atoms with van der Waals surface area (Å²) in [7, 11) is 0. The van der Waals surface area contributed by atoms with Crippen molar-refractivity contribution in [2.24, 2.45) is 0 Å². The summed E-state index contributed by atoms with van der Waals surface area (Å²) in [5, 5.41) is 8.03. The summed E-state index contributed by atoms with van der Waals surface area (Å²) in [5.74, 6) is -0.259. The van der Waals surface area contributed by atoms with E-state index in [0.29, 0.717) is 11.4 Å². The highest BCUT2D eigenvalue weighted by Gasteiger charge is 2.28. The molecule has 104 valence electrons. The predicted molar refractivity (Wildman–Crippen MR) is 78.9 cm³/mol. The van der Waals surface area contributed by atoms with Gasteiger partial charge >= 0.3 is 0 Å². The second kappa shape index (κ2) is 5.18. The summed E-state index contributed by atoms with van der Waals surface area (Å²) in [6.07, 6.45) is 1.44. The van der Waals surface area contributed by atoms with E-state index in [1.165, 1.54) is 17.7 Å². The third-order valence-corrected chi connectivity index (χ3v) is 3.97. The molecule has 3 rings (SSSR count). The Kier molecular flexibility index (Phi) is 3.74. The van der Waals surface area contributed by atoms with Crippen LogP contribution in [0.15, 0.2) is 23.0 Å². The number of fused-ring (bicyclic) bond motifs is 1. The summed E-state index contributed by atoms with van der Waals surface area (Å²) < 4.78 is 0. The first-order chi connectivity index (χ1) is 9.08. The molecule has 2 aromatic rings. The molecular formula is C12H11ClN4O2S. The number of thiophene rings is 1. The Morgan fingerprint density at radius 1 is 1.20 bits per heavy atom. The zero-order chi connectivity index (χ0) is 13.6. The lowest BCUT2D eigenvalue weighted by atomic mass is 10.2. The lowest BCUT2D eigenvalue weighted by molar-refractivity contribution is -0.124. The average molecular weight is 311 g/mol. The molecule has 0 radical (unpaired) electrons. The van der Waals surface area contributed by atoms with Gasteiger partial charge in [0, 0.05) is 5.57 Å². The van der Waals surface area contributed by atoms with Crippen molar-refractivity contribution in [3.63, 3.8) is 0 Å². The van der Waals surface area contributed by atoms with Crippen molar-refractivity contribution in [1.29, 1.82) is 0 Å². The van der Waals surface area contributed by atoms with E-state index in [-0.39, 0.29) is 24.0 Å². The van der Waals surface area contributed by atoms with Crippen LogP contribution >= 0.6 is 23.7 Å². The fourth-order valence-electron chi connectivity index (χ4n) is 1.92. The van der Waals surface area contributed by atoms with Crippen LogP contribution in [0.3, 0.4) is 0 Å². The van der Waals surface area contributed by atoms with Gasteiger partial charge in [-0.2, -0.15) is 0 Å². The molecule has 1 aliphatic rings. The number of anilines is 1. The molecule has 0 aromatic carbocycles. The zero-order valence-corrected chi connectivity index (χ0v) is 12.3. The van der Waals surface area contributed by atoms with E-state index in [2.05, 4.69) is 20.6 Å². The number of amides is 2. The number of nitrogens with one attached hydrogen (secondary N) is 2. The van der Waals surface area contributed by atoms with Crippen molar-refractivity contribution in [3.05, 3.63) is 28.5 Å². The van der Waals surface area contributed by atoms with Crippen molar-refractivity contribution < 1.29 is 9.59 Å². The number of carbonyl (C=O) groups is 2. The molecule has 2 amide bonds. The maximum atomic E-state index is 11.7. The molecule has 3 heterocycles. The van der Waals surface area contributed by atoms with E-state index >= 15 is 0 Å². The molecule has 0 bridgehead atoms. The SMILES string of the molecule is CC1=C(Nc2ncnc3scc(C)c23)C(=O)NC1=O.Cl. The zero-order valence-electron chi connectivity index (χ0n) is 10.7. The lowest BCUT2D eigenvalue weighted by Crippen LogP contribution is -2.24. The fraction of sp³-hybridized carbons (Fsp3) is 0.167. The van der Waals surface area contributed by atoms with Gasteiger partial charge < -0.3 is 5.32 Å². The van der Waals surface area contributed by atoms with Crippen molar-refractivity contribution in [2.75, 3.05) is 5.32 Å². The van der Waals surface area contributed by atoms with Gasteiger partial charge in [-0.3, -0.25) is 14.9 Å². The Morgan fingerprint density at radius 3 is 2.60 bits per heavy atom. The van der Waals surface area contributed by atoms with Gasteiger partial charge in [0.15, 0.2) is 0 Å². The fourth-order valence-corrected chi connectivity index (χ4v) is 2.81. The second-order valence-corrected chi connectivity index (χ2v) is 5.09. The first kappa shape index (κ1) is 14.4. The quantitative estimate of drug-likeness (QED) is 0.826. The van der Waals surface area contributed by atoms with Gasteiger partial charge in [0.1, 0.15) is 22.7 Å². The van der Waals surface area contributed by atoms with E-state index in [1.807, 2.05) is 12.3 Å². The maximum Gasteiger partial charge on any atom is 0.275 e. The molecule has 2 aromatic heterocycles. The molecule has 0 fully saturated rings. The van der Waals surface area contributed by atoms with Gasteiger partial charge in [0.2, 0.25) is 0 Å². The Bertz CT molecular complexity index is 753. The standard InChI is InChI=1S/C12H10N4O2S.ClH/c1-5-3-19-12-7(5)9(13-4-14-12)15-8-6(2)10(17)16-11(8)18;/h3-4H,1-2H3,(H2,13,14,15,16,17,18);1H. The van der Waals surface area contributed by atoms with Gasteiger partial charge in [-0.15, -0.1) is 23.7 Å². The normalized spacial score (nSPS) is 14.5. The predicted octanol–water partition coefficient (Wildman–Crippen LogP) is 1.76. The van der Waals surface area contributed by atoms with Gasteiger partial charge in [-0.25, -0.2) is 9.97 Å². The third-order valence-electron chi connectivity index (χ3n) is 2.97. The molecule has 8 heteroatoms. The number of nitrogens with zero attached hydrogens (tertiary/aromatic N) is 2. The van der Waals surface area contributed by atoms with E-state index in [1.54, 1.807) is 6.92 Å². The summed E-state index contributed by atoms with van der Waals surface area (Å²) in [4.78, 5) is 32.2. The average Bonchev–Trinajstić information content (AvgIpc) is 2.87. The van der Waals surface area contributed by atoms with Crippen LogP contribution in [0.25, 0.3) is 10.2 Å². The summed E-state index contributed by atoms with van der Waals surface area (Å²) in [6, 6.07) is 0. The molecule has 20 heavy (non-hydrogen) atoms. The van der Waals surface area contributed by atoms with Crippen molar-refractivity contribution >= 4 is 51.6 Å². The molecule has 0 saturated heterocycles. The molecule has 0 aliphatic carbocycles. The third kappa shape index (κ3) is 2.14. The van der Waals surface area contributed by atoms with Crippen molar-refractivity contribution in [2.45, 2.75) is 13.8 Å². The van der Waals surface area contributed by atoms with E-state index in [4.69, 9.17) is 0 Å². The van der Waals surface area contributed by atoms with Gasteiger partial charge in [-0.1, -0.05) is 0 Å². The van der Waals surface area contributed by atoms with Crippen LogP contribution in [-0.4, -0.2) is 21.8 Å². The number of carbonyl (C=O) groups excluding carboxylic acids is 2. The molecule has 6 nitrogen and oxygen atoms in total. The lowest BCUT2D eigenvalue weighted by Gasteiger charge is -2.06. The highest BCUT2D eigenvalue weighted by Crippen LogP contribution is 2.29. The number of rotatable bonds is 2. The highest BCUT2D eigenvalue weighted by atomic mass is 35.5. The maximum absolute atomic E-state index is 11.7. The molecule has 0 saturated carbocycles. The number of aryl methyl sites for hydroxylation is 1. The van der Waals surface area contributed by atoms with Crippen LogP contribution in [0.1, 0.15) is 12.5 Å². The van der Waals surface area contributed by atoms with Gasteiger partial charge in [-0.05, 0) is 24.8 Å². The molecule has 1 aliphatic heterocycles. The smallest absolute Gasteiger partial charge is 0.275 e. The first-order valence-corrected chi connectivity index (χ1v) is 6.48. The summed E-state index contributed by atoms with van der Waals surface area (Å²) in [6.45, 7) is 3.55. The van der Waals surface area contributed by atoms with Crippen LogP contribution in [-0.2, 0) is 9.59 Å². The number of aromatic nitrogens is 2. The van der Waals surface area contributed by atoms with Crippen LogP contribution in [0.2, 0.25) is 0 Å². The Hall–Kier alpha value is -1.99. The minimum absolute atomic E-state index is 0. The van der Waals surface area contributed by atoms with Crippen molar-refractivity contribution in [1.82, 2.24) is 15.3 Å². The van der Waals surface area contributed by atoms with E-state index in [9.17, 15) is 9.59 Å². The van der Waals surface area contributed by atoms with Crippen LogP contribution in [0.5, 0.6) is 0 Å². The van der Waals surface area contributed by atoms with Crippen molar-refractivity contribution in [3.8, 4) is 0 Å². The van der Waals surface area contributed by atoms with Gasteiger partial charge in [0.25, 0.3) is 11.8 Å². The summed E-state index contributed by atoms with van der Waals surface area (Å²) in [5.41, 5.74) is 1.64. The first-order valence-electron chi connectivity index (χ1n) is 5.60. The molecular weight excluding hydrogens is 300 g/mol. The Labute approximate surface area is 124 Å². The highest BCUT2D eigenvalue weighted by molar-refractivity contribution is 7.17. The number of hydrogen-bond donors (Lipinski definition) is 2. The minimum Gasteiger partial charge on any atom is -0.335 e. The van der Waals surface area contributed by atoms with Crippen LogP contribution in [0.4, 0.5) is 5.82 Å². The largest absolute Gasteiger partial charge is 0.335 e. The Balaban J connectivity index is 0.00000147. The number of halogens is 1. The molecule has 0 atom stereocenters. The van der Waals surface area contributed by atoms with Crippen LogP contribution < -0.4 is 10.6 Å². The molecule has 0 unspecified atom stereocenters.